The number of aromatic nitrogens is 3. The minimum atomic E-state index is -0.329. The van der Waals surface area contributed by atoms with Crippen LogP contribution in [0.4, 0.5) is 10.5 Å². The Morgan fingerprint density at radius 2 is 2.12 bits per heavy atom. The molecule has 2 heterocycles. The zero-order valence-electron chi connectivity index (χ0n) is 12.6. The third kappa shape index (κ3) is 4.30. The maximum atomic E-state index is 11.8. The number of rotatable bonds is 5. The molecule has 0 unspecified atom stereocenters. The molecule has 0 aliphatic rings. The summed E-state index contributed by atoms with van der Waals surface area (Å²) >= 11 is 5.86. The average Bonchev–Trinajstić information content (AvgIpc) is 3.04. The first kappa shape index (κ1) is 15.9. The van der Waals surface area contributed by atoms with Crippen LogP contribution < -0.4 is 10.6 Å². The monoisotopic (exact) mass is 343 g/mol. The zero-order valence-corrected chi connectivity index (χ0v) is 13.3. The van der Waals surface area contributed by atoms with Crippen LogP contribution in [0.25, 0.3) is 11.5 Å². The summed E-state index contributed by atoms with van der Waals surface area (Å²) in [6, 6.07) is 10.2. The lowest BCUT2D eigenvalue weighted by Gasteiger charge is -2.06. The van der Waals surface area contributed by atoms with Crippen molar-refractivity contribution in [1.29, 1.82) is 0 Å². The summed E-state index contributed by atoms with van der Waals surface area (Å²) in [5.74, 6) is 0.846. The predicted molar refractivity (Wildman–Crippen MR) is 89.7 cm³/mol. The van der Waals surface area contributed by atoms with E-state index in [-0.39, 0.29) is 6.03 Å². The first-order chi connectivity index (χ1) is 11.7. The third-order valence-electron chi connectivity index (χ3n) is 3.08. The number of hydrogen-bond acceptors (Lipinski definition) is 5. The molecule has 2 N–H and O–H groups in total. The molecule has 2 amide bonds. The van der Waals surface area contributed by atoms with E-state index in [1.54, 1.807) is 42.7 Å². The van der Waals surface area contributed by atoms with Gasteiger partial charge in [0.2, 0.25) is 11.8 Å². The Hall–Kier alpha value is -2.93. The first-order valence-corrected chi connectivity index (χ1v) is 7.62. The van der Waals surface area contributed by atoms with E-state index in [1.165, 1.54) is 0 Å². The Kier molecular flexibility index (Phi) is 5.02. The fourth-order valence-electron chi connectivity index (χ4n) is 1.99. The first-order valence-electron chi connectivity index (χ1n) is 7.24. The second kappa shape index (κ2) is 7.56. The van der Waals surface area contributed by atoms with Crippen LogP contribution in [0, 0.1) is 0 Å². The van der Waals surface area contributed by atoms with Gasteiger partial charge in [-0.2, -0.15) is 0 Å². The molecule has 0 fully saturated rings. The van der Waals surface area contributed by atoms with Gasteiger partial charge >= 0.3 is 6.03 Å². The van der Waals surface area contributed by atoms with Crippen LogP contribution in [-0.2, 0) is 6.42 Å². The van der Waals surface area contributed by atoms with Gasteiger partial charge in [-0.3, -0.25) is 4.98 Å². The van der Waals surface area contributed by atoms with E-state index in [1.807, 2.05) is 6.07 Å². The Labute approximate surface area is 143 Å². The summed E-state index contributed by atoms with van der Waals surface area (Å²) in [4.78, 5) is 15.8. The molecule has 0 aliphatic carbocycles. The third-order valence-corrected chi connectivity index (χ3v) is 3.32. The molecular formula is C16H14ClN5O2. The molecule has 0 saturated heterocycles. The Morgan fingerprint density at radius 1 is 1.21 bits per heavy atom. The average molecular weight is 344 g/mol. The van der Waals surface area contributed by atoms with Crippen molar-refractivity contribution in [2.24, 2.45) is 0 Å². The van der Waals surface area contributed by atoms with Gasteiger partial charge in [0.15, 0.2) is 0 Å². The molecule has 7 nitrogen and oxygen atoms in total. The number of carbonyl (C=O) groups excluding carboxylic acids is 1. The van der Waals surface area contributed by atoms with E-state index in [0.29, 0.717) is 35.5 Å². The van der Waals surface area contributed by atoms with Crippen LogP contribution in [0.5, 0.6) is 0 Å². The number of amides is 2. The number of urea groups is 1. The Balaban J connectivity index is 1.48. The summed E-state index contributed by atoms with van der Waals surface area (Å²) in [5.41, 5.74) is 1.37. The topological polar surface area (TPSA) is 92.9 Å². The summed E-state index contributed by atoms with van der Waals surface area (Å²) in [5, 5.41) is 13.9. The number of nitrogens with one attached hydrogen (secondary N) is 2. The minimum absolute atomic E-state index is 0.329. The molecule has 0 bridgehead atoms. The number of carbonyl (C=O) groups is 1. The lowest BCUT2D eigenvalue weighted by atomic mass is 10.3. The predicted octanol–water partition coefficient (Wildman–Crippen LogP) is 3.15. The highest BCUT2D eigenvalue weighted by Gasteiger charge is 2.09. The van der Waals surface area contributed by atoms with Crippen molar-refractivity contribution in [2.75, 3.05) is 11.9 Å². The van der Waals surface area contributed by atoms with Crippen molar-refractivity contribution in [3.8, 4) is 11.5 Å². The molecule has 8 heteroatoms. The summed E-state index contributed by atoms with van der Waals surface area (Å²) in [6.07, 6.45) is 3.74. The molecule has 3 aromatic rings. The fourth-order valence-corrected chi connectivity index (χ4v) is 2.18. The maximum absolute atomic E-state index is 11.8. The van der Waals surface area contributed by atoms with Crippen LogP contribution >= 0.6 is 11.6 Å². The molecule has 3 rings (SSSR count). The lowest BCUT2D eigenvalue weighted by molar-refractivity contribution is 0.252. The van der Waals surface area contributed by atoms with Gasteiger partial charge in [-0.1, -0.05) is 17.7 Å². The van der Waals surface area contributed by atoms with Gasteiger partial charge in [0.25, 0.3) is 0 Å². The van der Waals surface area contributed by atoms with Crippen LogP contribution in [-0.4, -0.2) is 27.8 Å². The van der Waals surface area contributed by atoms with Gasteiger partial charge < -0.3 is 15.1 Å². The Morgan fingerprint density at radius 3 is 2.92 bits per heavy atom. The van der Waals surface area contributed by atoms with E-state index in [4.69, 9.17) is 16.0 Å². The second-order valence-corrected chi connectivity index (χ2v) is 5.32. The van der Waals surface area contributed by atoms with E-state index in [0.717, 1.165) is 5.56 Å². The molecular weight excluding hydrogens is 330 g/mol. The number of nitrogens with zero attached hydrogens (tertiary/aromatic N) is 3. The van der Waals surface area contributed by atoms with Crippen molar-refractivity contribution < 1.29 is 9.21 Å². The van der Waals surface area contributed by atoms with Gasteiger partial charge in [-0.25, -0.2) is 4.79 Å². The molecule has 122 valence electrons. The van der Waals surface area contributed by atoms with Crippen molar-refractivity contribution >= 4 is 23.3 Å². The quantitative estimate of drug-likeness (QED) is 0.742. The molecule has 0 aliphatic heterocycles. The van der Waals surface area contributed by atoms with Gasteiger partial charge in [0.05, 0.1) is 5.56 Å². The van der Waals surface area contributed by atoms with E-state index in [9.17, 15) is 4.79 Å². The number of hydrogen-bond donors (Lipinski definition) is 2. The highest BCUT2D eigenvalue weighted by atomic mass is 35.5. The largest absolute Gasteiger partial charge is 0.421 e. The summed E-state index contributed by atoms with van der Waals surface area (Å²) in [7, 11) is 0. The van der Waals surface area contributed by atoms with Gasteiger partial charge in [-0.05, 0) is 30.3 Å². The van der Waals surface area contributed by atoms with Gasteiger partial charge in [0, 0.05) is 36.1 Å². The van der Waals surface area contributed by atoms with Gasteiger partial charge in [0.1, 0.15) is 0 Å². The number of halogens is 1. The van der Waals surface area contributed by atoms with Crippen molar-refractivity contribution in [1.82, 2.24) is 20.5 Å². The molecule has 0 saturated carbocycles. The SMILES string of the molecule is O=C(NCCc1nnc(-c2cccnc2)o1)Nc1cccc(Cl)c1. The van der Waals surface area contributed by atoms with Gasteiger partial charge in [-0.15, -0.1) is 10.2 Å². The van der Waals surface area contributed by atoms with Crippen LogP contribution in [0.1, 0.15) is 5.89 Å². The minimum Gasteiger partial charge on any atom is -0.421 e. The van der Waals surface area contributed by atoms with Crippen molar-refractivity contribution in [2.45, 2.75) is 6.42 Å². The fraction of sp³-hybridized carbons (Fsp3) is 0.125. The van der Waals surface area contributed by atoms with Crippen LogP contribution in [0.15, 0.2) is 53.2 Å². The molecule has 1 aromatic carbocycles. The number of pyridine rings is 1. The number of anilines is 1. The lowest BCUT2D eigenvalue weighted by Crippen LogP contribution is -2.30. The van der Waals surface area contributed by atoms with Crippen molar-refractivity contribution in [3.05, 3.63) is 59.7 Å². The smallest absolute Gasteiger partial charge is 0.319 e. The molecule has 0 radical (unpaired) electrons. The molecule has 24 heavy (non-hydrogen) atoms. The van der Waals surface area contributed by atoms with E-state index in [2.05, 4.69) is 25.8 Å². The second-order valence-electron chi connectivity index (χ2n) is 4.88. The van der Waals surface area contributed by atoms with E-state index >= 15 is 0 Å². The highest BCUT2D eigenvalue weighted by molar-refractivity contribution is 6.30. The normalized spacial score (nSPS) is 10.4. The summed E-state index contributed by atoms with van der Waals surface area (Å²) in [6.45, 7) is 0.362. The molecule has 0 atom stereocenters. The number of benzene rings is 1. The highest BCUT2D eigenvalue weighted by Crippen LogP contribution is 2.16. The van der Waals surface area contributed by atoms with Crippen molar-refractivity contribution in [3.63, 3.8) is 0 Å². The molecule has 2 aromatic heterocycles. The van der Waals surface area contributed by atoms with E-state index < -0.39 is 0 Å². The Bertz CT molecular complexity index is 822. The standard InChI is InChI=1S/C16H14ClN5O2/c17-12-4-1-5-13(9-12)20-16(23)19-8-6-14-21-22-15(24-14)11-3-2-7-18-10-11/h1-5,7,9-10H,6,8H2,(H2,19,20,23). The van der Waals surface area contributed by atoms with Crippen LogP contribution in [0.3, 0.4) is 0 Å². The zero-order chi connectivity index (χ0) is 16.8. The van der Waals surface area contributed by atoms with Crippen LogP contribution in [0.2, 0.25) is 5.02 Å². The molecule has 0 spiro atoms. The maximum Gasteiger partial charge on any atom is 0.319 e. The summed E-state index contributed by atoms with van der Waals surface area (Å²) < 4.78 is 5.53.